The van der Waals surface area contributed by atoms with Crippen LogP contribution in [0, 0.1) is 0 Å². The smallest absolute Gasteiger partial charge is 0.421 e. The van der Waals surface area contributed by atoms with Crippen LogP contribution in [0.15, 0.2) is 22.8 Å². The van der Waals surface area contributed by atoms with E-state index >= 15 is 0 Å². The largest absolute Gasteiger partial charge is 0.481 e. The molecule has 8 heteroatoms. The predicted molar refractivity (Wildman–Crippen MR) is 81.3 cm³/mol. The second kappa shape index (κ2) is 8.32. The molecule has 1 amide bonds. The Hall–Kier alpha value is -1.83. The van der Waals surface area contributed by atoms with Gasteiger partial charge in [-0.3, -0.25) is 9.59 Å². The van der Waals surface area contributed by atoms with Gasteiger partial charge < -0.3 is 15.2 Å². The van der Waals surface area contributed by atoms with Crippen molar-refractivity contribution in [2.24, 2.45) is 0 Å². The first-order valence-electron chi connectivity index (χ1n) is 7.71. The molecule has 0 aromatic heterocycles. The van der Waals surface area contributed by atoms with E-state index in [-0.39, 0.29) is 24.8 Å². The Morgan fingerprint density at radius 3 is 2.54 bits per heavy atom. The van der Waals surface area contributed by atoms with Gasteiger partial charge >= 0.3 is 12.1 Å². The summed E-state index contributed by atoms with van der Waals surface area (Å²) in [6.07, 6.45) is -3.88. The average Bonchev–Trinajstić information content (AvgIpc) is 2.80. The Kier molecular flexibility index (Phi) is 7.01. The molecule has 1 rings (SSSR count). The number of carbonyl (C=O) groups is 2. The molecule has 2 atom stereocenters. The lowest BCUT2D eigenvalue weighted by molar-refractivity contribution is -0.140. The number of ether oxygens (including phenoxy) is 1. The van der Waals surface area contributed by atoms with E-state index in [0.29, 0.717) is 12.0 Å². The molecule has 2 N–H and O–H groups in total. The van der Waals surface area contributed by atoms with Gasteiger partial charge in [-0.15, -0.1) is 0 Å². The lowest BCUT2D eigenvalue weighted by Gasteiger charge is -2.20. The average molecular weight is 349 g/mol. The van der Waals surface area contributed by atoms with Gasteiger partial charge in [0.05, 0.1) is 18.6 Å². The molecule has 0 radical (unpaired) electrons. The summed E-state index contributed by atoms with van der Waals surface area (Å²) in [5.41, 5.74) is -0.955. The summed E-state index contributed by atoms with van der Waals surface area (Å²) < 4.78 is 45.6. The Morgan fingerprint density at radius 2 is 2.08 bits per heavy atom. The minimum atomic E-state index is -4.77. The normalized spacial score (nSPS) is 23.2. The molecule has 0 saturated heterocycles. The third kappa shape index (κ3) is 5.09. The highest BCUT2D eigenvalue weighted by molar-refractivity contribution is 5.96. The monoisotopic (exact) mass is 349 g/mol. The number of rotatable bonds is 6. The Bertz CT molecular complexity index is 552. The number of carbonyl (C=O) groups excluding carboxylic acids is 1. The lowest BCUT2D eigenvalue weighted by Crippen LogP contribution is -2.31. The van der Waals surface area contributed by atoms with E-state index in [0.717, 1.165) is 7.05 Å². The molecule has 24 heavy (non-hydrogen) atoms. The minimum absolute atomic E-state index is 0.0541. The molecule has 0 aromatic carbocycles. The second-order valence-corrected chi connectivity index (χ2v) is 5.57. The van der Waals surface area contributed by atoms with E-state index < -0.39 is 35.8 Å². The number of halogens is 3. The van der Waals surface area contributed by atoms with E-state index in [2.05, 4.69) is 0 Å². The zero-order valence-corrected chi connectivity index (χ0v) is 13.9. The van der Waals surface area contributed by atoms with Gasteiger partial charge in [-0.05, 0) is 37.3 Å². The molecule has 1 saturated carbocycles. The van der Waals surface area contributed by atoms with Crippen LogP contribution in [0.25, 0.3) is 0 Å². The van der Waals surface area contributed by atoms with Crippen molar-refractivity contribution in [3.63, 3.8) is 0 Å². The number of likely N-dealkylation sites (N-methyl/N-ethyl adjacent to an activating group) is 1. The van der Waals surface area contributed by atoms with Crippen molar-refractivity contribution in [1.29, 1.82) is 0 Å². The zero-order valence-electron chi connectivity index (χ0n) is 13.9. The van der Waals surface area contributed by atoms with Crippen molar-refractivity contribution in [3.8, 4) is 0 Å². The molecule has 0 spiro atoms. The van der Waals surface area contributed by atoms with Crippen LogP contribution in [0.2, 0.25) is 0 Å². The maximum absolute atomic E-state index is 13.3. The summed E-state index contributed by atoms with van der Waals surface area (Å²) in [4.78, 5) is 22.5. The van der Waals surface area contributed by atoms with Crippen LogP contribution in [0.1, 0.15) is 39.5 Å². The highest BCUT2D eigenvalue weighted by Crippen LogP contribution is 2.41. The van der Waals surface area contributed by atoms with Gasteiger partial charge in [-0.2, -0.15) is 13.2 Å². The van der Waals surface area contributed by atoms with Crippen LogP contribution in [-0.2, 0) is 14.3 Å². The van der Waals surface area contributed by atoms with Crippen molar-refractivity contribution >= 4 is 11.9 Å². The lowest BCUT2D eigenvalue weighted by atomic mass is 9.99. The topological polar surface area (TPSA) is 75.6 Å². The quantitative estimate of drug-likeness (QED) is 0.723. The molecular formula is C16H22F3NO4. The first-order chi connectivity index (χ1) is 11.1. The number of hydrogen-bond donors (Lipinski definition) is 2. The van der Waals surface area contributed by atoms with Gasteiger partial charge in [0.2, 0.25) is 0 Å². The minimum Gasteiger partial charge on any atom is -0.481 e. The molecule has 0 bridgehead atoms. The van der Waals surface area contributed by atoms with Gasteiger partial charge in [0.15, 0.2) is 0 Å². The molecule has 1 aliphatic carbocycles. The molecular weight excluding hydrogens is 327 g/mol. The third-order valence-electron chi connectivity index (χ3n) is 3.67. The van der Waals surface area contributed by atoms with E-state index in [9.17, 15) is 22.8 Å². The highest BCUT2D eigenvalue weighted by Gasteiger charge is 2.44. The van der Waals surface area contributed by atoms with Crippen LogP contribution >= 0.6 is 0 Å². The Labute approximate surface area is 138 Å². The number of nitrogens with one attached hydrogen (secondary N) is 1. The fourth-order valence-electron chi connectivity index (χ4n) is 2.79. The van der Waals surface area contributed by atoms with E-state index in [1.807, 2.05) is 5.32 Å². The van der Waals surface area contributed by atoms with Gasteiger partial charge in [-0.1, -0.05) is 13.0 Å². The molecule has 1 fully saturated rings. The number of aliphatic carboxylic acids is 1. The Morgan fingerprint density at radius 1 is 1.46 bits per heavy atom. The van der Waals surface area contributed by atoms with Crippen LogP contribution in [0.3, 0.4) is 0 Å². The maximum atomic E-state index is 13.3. The maximum Gasteiger partial charge on any atom is 0.421 e. The van der Waals surface area contributed by atoms with Gasteiger partial charge in [0.25, 0.3) is 5.91 Å². The number of hydrogen-bond acceptors (Lipinski definition) is 3. The molecule has 0 aromatic rings. The Balaban J connectivity index is 3.21. The van der Waals surface area contributed by atoms with Gasteiger partial charge in [0.1, 0.15) is 5.57 Å². The van der Waals surface area contributed by atoms with Crippen LogP contribution in [0.5, 0.6) is 0 Å². The van der Waals surface area contributed by atoms with E-state index in [4.69, 9.17) is 9.84 Å². The van der Waals surface area contributed by atoms with Crippen molar-refractivity contribution < 1.29 is 32.6 Å². The first-order valence-corrected chi connectivity index (χ1v) is 7.71. The number of amides is 1. The number of carboxylic acid groups (broad SMARTS) is 1. The van der Waals surface area contributed by atoms with Crippen LogP contribution < -0.4 is 5.32 Å². The summed E-state index contributed by atoms with van der Waals surface area (Å²) in [5.74, 6) is -2.22. The van der Waals surface area contributed by atoms with Gasteiger partial charge in [-0.25, -0.2) is 0 Å². The van der Waals surface area contributed by atoms with Crippen molar-refractivity contribution in [2.45, 2.75) is 57.9 Å². The summed E-state index contributed by atoms with van der Waals surface area (Å²) in [7, 11) is 1.15. The third-order valence-corrected chi connectivity index (χ3v) is 3.67. The second-order valence-electron chi connectivity index (χ2n) is 5.57. The number of allylic oxidation sites excluding steroid dienone is 1. The van der Waals surface area contributed by atoms with Crippen molar-refractivity contribution in [3.05, 3.63) is 22.8 Å². The zero-order chi connectivity index (χ0) is 18.5. The van der Waals surface area contributed by atoms with E-state index in [1.54, 1.807) is 19.9 Å². The van der Waals surface area contributed by atoms with E-state index in [1.165, 1.54) is 0 Å². The van der Waals surface area contributed by atoms with Crippen LogP contribution in [-0.4, -0.2) is 42.4 Å². The van der Waals surface area contributed by atoms with Crippen molar-refractivity contribution in [2.75, 3.05) is 7.05 Å². The standard InChI is InChI=1S/C16H22F3NO4/c1-4-5-10-11(14(15(23)20-3)16(17,18)19)6-7-12(10)24-9(2)8-13(21)22/h5,9,12H,4,6-8H2,1-3H3,(H,20,23)(H,21,22)/b10-5+,14-11+. The van der Waals surface area contributed by atoms with Gasteiger partial charge in [0, 0.05) is 7.05 Å². The number of carboxylic acids is 1. The summed E-state index contributed by atoms with van der Waals surface area (Å²) in [6.45, 7) is 3.33. The fourth-order valence-corrected chi connectivity index (χ4v) is 2.79. The first kappa shape index (κ1) is 20.2. The van der Waals surface area contributed by atoms with Crippen LogP contribution in [0.4, 0.5) is 13.2 Å². The predicted octanol–water partition coefficient (Wildman–Crippen LogP) is 2.97. The summed E-state index contributed by atoms with van der Waals surface area (Å²) >= 11 is 0. The molecule has 1 aliphatic rings. The molecule has 2 unspecified atom stereocenters. The molecule has 5 nitrogen and oxygen atoms in total. The SMILES string of the molecule is CC/C=C1\C(=C(/C(=O)NC)C(F)(F)F)CCC1OC(C)CC(=O)O. The summed E-state index contributed by atoms with van der Waals surface area (Å²) in [5, 5.41) is 10.8. The molecule has 0 heterocycles. The fraction of sp³-hybridized carbons (Fsp3) is 0.625. The highest BCUT2D eigenvalue weighted by atomic mass is 19.4. The van der Waals surface area contributed by atoms with Crippen molar-refractivity contribution in [1.82, 2.24) is 5.32 Å². The summed E-state index contributed by atoms with van der Waals surface area (Å²) in [6, 6.07) is 0. The molecule has 0 aliphatic heterocycles. The molecule has 136 valence electrons. The number of alkyl halides is 3.